The molecule has 110 valence electrons. The molecule has 1 saturated heterocycles. The van der Waals surface area contributed by atoms with Gasteiger partial charge in [0.2, 0.25) is 5.91 Å². The van der Waals surface area contributed by atoms with Gasteiger partial charge in [-0.1, -0.05) is 13.0 Å². The molecule has 1 heterocycles. The summed E-state index contributed by atoms with van der Waals surface area (Å²) >= 11 is 0. The summed E-state index contributed by atoms with van der Waals surface area (Å²) in [6.45, 7) is 5.97. The number of aromatic hydroxyl groups is 2. The molecular weight excluding hydrogens is 256 g/mol. The lowest BCUT2D eigenvalue weighted by molar-refractivity contribution is -0.133. The number of nitrogens with zero attached hydrogens (tertiary/aromatic N) is 2. The standard InChI is InChI=1S/C15H22N2O3/c1-2-3-15(20)17-8-6-16(7-9-17)11-12-4-5-13(18)14(19)10-12/h4-5,10,18-19H,2-3,6-9,11H2,1H3. The van der Waals surface area contributed by atoms with E-state index in [1.54, 1.807) is 6.07 Å². The maximum atomic E-state index is 11.8. The van der Waals surface area contributed by atoms with Crippen molar-refractivity contribution in [1.29, 1.82) is 0 Å². The van der Waals surface area contributed by atoms with Gasteiger partial charge in [0.1, 0.15) is 0 Å². The normalized spacial score (nSPS) is 16.4. The third-order valence-corrected chi connectivity index (χ3v) is 3.63. The maximum absolute atomic E-state index is 11.8. The van der Waals surface area contributed by atoms with Crippen LogP contribution in [-0.2, 0) is 11.3 Å². The van der Waals surface area contributed by atoms with E-state index in [4.69, 9.17) is 0 Å². The molecule has 1 amide bonds. The Bertz CT molecular complexity index is 468. The number of hydrogen-bond donors (Lipinski definition) is 2. The van der Waals surface area contributed by atoms with Crippen LogP contribution in [0, 0.1) is 0 Å². The van der Waals surface area contributed by atoms with Gasteiger partial charge in [0.05, 0.1) is 0 Å². The molecule has 1 aromatic carbocycles. The number of amides is 1. The zero-order chi connectivity index (χ0) is 14.5. The van der Waals surface area contributed by atoms with Gasteiger partial charge in [0, 0.05) is 39.1 Å². The third kappa shape index (κ3) is 3.63. The van der Waals surface area contributed by atoms with Crippen molar-refractivity contribution in [1.82, 2.24) is 9.80 Å². The quantitative estimate of drug-likeness (QED) is 0.820. The minimum Gasteiger partial charge on any atom is -0.504 e. The number of carbonyl (C=O) groups excluding carboxylic acids is 1. The predicted octanol–water partition coefficient (Wildman–Crippen LogP) is 1.54. The average Bonchev–Trinajstić information content (AvgIpc) is 2.44. The first-order valence-corrected chi connectivity index (χ1v) is 7.11. The van der Waals surface area contributed by atoms with E-state index in [1.807, 2.05) is 17.9 Å². The molecule has 0 saturated carbocycles. The molecule has 1 fully saturated rings. The van der Waals surface area contributed by atoms with Crippen molar-refractivity contribution in [2.45, 2.75) is 26.3 Å². The minimum atomic E-state index is -0.0938. The Morgan fingerprint density at radius 1 is 1.15 bits per heavy atom. The zero-order valence-electron chi connectivity index (χ0n) is 11.9. The molecule has 0 bridgehead atoms. The second-order valence-electron chi connectivity index (χ2n) is 5.23. The predicted molar refractivity (Wildman–Crippen MR) is 76.5 cm³/mol. The van der Waals surface area contributed by atoms with Crippen LogP contribution in [0.3, 0.4) is 0 Å². The molecule has 0 atom stereocenters. The molecule has 1 aliphatic rings. The van der Waals surface area contributed by atoms with Crippen molar-refractivity contribution < 1.29 is 15.0 Å². The zero-order valence-corrected chi connectivity index (χ0v) is 11.9. The molecule has 1 aliphatic heterocycles. The van der Waals surface area contributed by atoms with Crippen molar-refractivity contribution in [3.8, 4) is 11.5 Å². The van der Waals surface area contributed by atoms with Gasteiger partial charge in [-0.3, -0.25) is 9.69 Å². The maximum Gasteiger partial charge on any atom is 0.222 e. The highest BCUT2D eigenvalue weighted by molar-refractivity contribution is 5.76. The van der Waals surface area contributed by atoms with E-state index in [-0.39, 0.29) is 17.4 Å². The summed E-state index contributed by atoms with van der Waals surface area (Å²) in [6.07, 6.45) is 1.53. The van der Waals surface area contributed by atoms with Crippen LogP contribution in [0.4, 0.5) is 0 Å². The highest BCUT2D eigenvalue weighted by Crippen LogP contribution is 2.25. The summed E-state index contributed by atoms with van der Waals surface area (Å²) in [5.41, 5.74) is 0.966. The summed E-state index contributed by atoms with van der Waals surface area (Å²) in [7, 11) is 0. The van der Waals surface area contributed by atoms with Gasteiger partial charge >= 0.3 is 0 Å². The van der Waals surface area contributed by atoms with Crippen molar-refractivity contribution in [3.05, 3.63) is 23.8 Å². The number of phenols is 2. The highest BCUT2D eigenvalue weighted by atomic mass is 16.3. The van der Waals surface area contributed by atoms with Gasteiger partial charge in [-0.2, -0.15) is 0 Å². The molecule has 5 heteroatoms. The smallest absolute Gasteiger partial charge is 0.222 e. The van der Waals surface area contributed by atoms with E-state index < -0.39 is 0 Å². The van der Waals surface area contributed by atoms with Crippen molar-refractivity contribution in [2.75, 3.05) is 26.2 Å². The van der Waals surface area contributed by atoms with E-state index in [0.29, 0.717) is 6.42 Å². The van der Waals surface area contributed by atoms with Crippen LogP contribution >= 0.6 is 0 Å². The van der Waals surface area contributed by atoms with Crippen LogP contribution in [-0.4, -0.2) is 52.1 Å². The van der Waals surface area contributed by atoms with E-state index in [2.05, 4.69) is 4.90 Å². The second kappa shape index (κ2) is 6.61. The number of hydrogen-bond acceptors (Lipinski definition) is 4. The lowest BCUT2D eigenvalue weighted by Gasteiger charge is -2.34. The van der Waals surface area contributed by atoms with Gasteiger partial charge in [-0.05, 0) is 24.1 Å². The Morgan fingerprint density at radius 3 is 2.45 bits per heavy atom. The summed E-state index contributed by atoms with van der Waals surface area (Å²) in [5.74, 6) is 0.0671. The Morgan fingerprint density at radius 2 is 1.85 bits per heavy atom. The molecule has 1 aromatic rings. The summed E-state index contributed by atoms with van der Waals surface area (Å²) in [4.78, 5) is 16.0. The summed E-state index contributed by atoms with van der Waals surface area (Å²) < 4.78 is 0. The van der Waals surface area contributed by atoms with Crippen LogP contribution in [0.5, 0.6) is 11.5 Å². The number of benzene rings is 1. The minimum absolute atomic E-state index is 0.0840. The van der Waals surface area contributed by atoms with Crippen LogP contribution in [0.1, 0.15) is 25.3 Å². The van der Waals surface area contributed by atoms with Gasteiger partial charge in [-0.15, -0.1) is 0 Å². The molecule has 2 rings (SSSR count). The first-order chi connectivity index (χ1) is 9.60. The topological polar surface area (TPSA) is 64.0 Å². The lowest BCUT2D eigenvalue weighted by atomic mass is 10.1. The molecule has 20 heavy (non-hydrogen) atoms. The Hall–Kier alpha value is -1.75. The fourth-order valence-electron chi connectivity index (χ4n) is 2.45. The van der Waals surface area contributed by atoms with Gasteiger partial charge in [0.25, 0.3) is 0 Å². The molecule has 0 aromatic heterocycles. The first-order valence-electron chi connectivity index (χ1n) is 7.11. The number of rotatable bonds is 4. The molecule has 0 spiro atoms. The molecule has 0 aliphatic carbocycles. The molecule has 2 N–H and O–H groups in total. The van der Waals surface area contributed by atoms with Crippen molar-refractivity contribution in [3.63, 3.8) is 0 Å². The Balaban J connectivity index is 1.85. The monoisotopic (exact) mass is 278 g/mol. The molecule has 0 radical (unpaired) electrons. The van der Waals surface area contributed by atoms with E-state index in [9.17, 15) is 15.0 Å². The number of phenolic OH excluding ortho intramolecular Hbond substituents is 2. The van der Waals surface area contributed by atoms with E-state index >= 15 is 0 Å². The largest absolute Gasteiger partial charge is 0.504 e. The van der Waals surface area contributed by atoms with Crippen LogP contribution in [0.15, 0.2) is 18.2 Å². The average molecular weight is 278 g/mol. The van der Waals surface area contributed by atoms with Crippen molar-refractivity contribution >= 4 is 5.91 Å². The fraction of sp³-hybridized carbons (Fsp3) is 0.533. The van der Waals surface area contributed by atoms with Crippen LogP contribution in [0.2, 0.25) is 0 Å². The summed E-state index contributed by atoms with van der Waals surface area (Å²) in [5, 5.41) is 18.8. The van der Waals surface area contributed by atoms with Crippen molar-refractivity contribution in [2.24, 2.45) is 0 Å². The Labute approximate surface area is 119 Å². The molecule has 0 unspecified atom stereocenters. The molecular formula is C15H22N2O3. The Kier molecular flexibility index (Phi) is 4.84. The third-order valence-electron chi connectivity index (χ3n) is 3.63. The van der Waals surface area contributed by atoms with Gasteiger partial charge in [0.15, 0.2) is 11.5 Å². The fourth-order valence-corrected chi connectivity index (χ4v) is 2.45. The second-order valence-corrected chi connectivity index (χ2v) is 5.23. The van der Waals surface area contributed by atoms with E-state index in [0.717, 1.165) is 44.7 Å². The summed E-state index contributed by atoms with van der Waals surface area (Å²) in [6, 6.07) is 4.90. The number of carbonyl (C=O) groups is 1. The van der Waals surface area contributed by atoms with Crippen LogP contribution < -0.4 is 0 Å². The van der Waals surface area contributed by atoms with Crippen LogP contribution in [0.25, 0.3) is 0 Å². The lowest BCUT2D eigenvalue weighted by Crippen LogP contribution is -2.48. The first kappa shape index (κ1) is 14.7. The van der Waals surface area contributed by atoms with E-state index in [1.165, 1.54) is 6.07 Å². The van der Waals surface area contributed by atoms with Gasteiger partial charge in [-0.25, -0.2) is 0 Å². The molecule has 5 nitrogen and oxygen atoms in total. The SMILES string of the molecule is CCCC(=O)N1CCN(Cc2ccc(O)c(O)c2)CC1. The van der Waals surface area contributed by atoms with Gasteiger partial charge < -0.3 is 15.1 Å². The highest BCUT2D eigenvalue weighted by Gasteiger charge is 2.20. The number of piperazine rings is 1.